The van der Waals surface area contributed by atoms with Crippen molar-refractivity contribution in [2.75, 3.05) is 17.3 Å². The molecule has 0 saturated heterocycles. The van der Waals surface area contributed by atoms with Crippen LogP contribution in [0.15, 0.2) is 30.5 Å². The summed E-state index contributed by atoms with van der Waals surface area (Å²) in [5.74, 6) is -0.267. The van der Waals surface area contributed by atoms with Crippen molar-refractivity contribution in [1.82, 2.24) is 9.78 Å². The van der Waals surface area contributed by atoms with E-state index in [1.807, 2.05) is 13.0 Å². The first-order chi connectivity index (χ1) is 10.4. The summed E-state index contributed by atoms with van der Waals surface area (Å²) in [5.41, 5.74) is 2.70. The van der Waals surface area contributed by atoms with Gasteiger partial charge in [-0.25, -0.2) is 0 Å². The minimum atomic E-state index is -0.201. The number of aryl methyl sites for hydroxylation is 2. The number of nitrogens with one attached hydrogen (secondary N) is 1. The van der Waals surface area contributed by atoms with E-state index < -0.39 is 0 Å². The van der Waals surface area contributed by atoms with Gasteiger partial charge in [0, 0.05) is 38.6 Å². The van der Waals surface area contributed by atoms with Gasteiger partial charge in [0.1, 0.15) is 0 Å². The van der Waals surface area contributed by atoms with Crippen LogP contribution >= 0.6 is 0 Å². The van der Waals surface area contributed by atoms with Crippen molar-refractivity contribution in [3.8, 4) is 0 Å². The lowest BCUT2D eigenvalue weighted by Gasteiger charge is -2.16. The zero-order chi connectivity index (χ0) is 16.3. The normalized spacial score (nSPS) is 10.4. The Hall–Kier alpha value is -2.63. The van der Waals surface area contributed by atoms with Gasteiger partial charge in [0.2, 0.25) is 5.91 Å². The molecule has 0 spiro atoms. The maximum absolute atomic E-state index is 12.4. The molecular formula is C16H20N4O2. The van der Waals surface area contributed by atoms with E-state index in [-0.39, 0.29) is 11.8 Å². The Morgan fingerprint density at radius 1 is 1.36 bits per heavy atom. The average Bonchev–Trinajstić information content (AvgIpc) is 2.87. The third kappa shape index (κ3) is 3.33. The van der Waals surface area contributed by atoms with Crippen LogP contribution in [-0.2, 0) is 18.3 Å². The van der Waals surface area contributed by atoms with E-state index in [1.165, 1.54) is 11.8 Å². The maximum Gasteiger partial charge on any atom is 0.259 e. The smallest absolute Gasteiger partial charge is 0.259 e. The Kier molecular flexibility index (Phi) is 4.60. The summed E-state index contributed by atoms with van der Waals surface area (Å²) in [5, 5.41) is 7.11. The van der Waals surface area contributed by atoms with Gasteiger partial charge in [-0.3, -0.25) is 14.3 Å². The molecule has 1 heterocycles. The number of carbonyl (C=O) groups excluding carboxylic acids is 2. The molecule has 0 atom stereocenters. The predicted octanol–water partition coefficient (Wildman–Crippen LogP) is 2.22. The van der Waals surface area contributed by atoms with Crippen LogP contribution in [0, 0.1) is 0 Å². The third-order valence-electron chi connectivity index (χ3n) is 3.45. The van der Waals surface area contributed by atoms with E-state index in [9.17, 15) is 9.59 Å². The van der Waals surface area contributed by atoms with Gasteiger partial charge in [-0.1, -0.05) is 13.0 Å². The summed E-state index contributed by atoms with van der Waals surface area (Å²) in [4.78, 5) is 25.3. The van der Waals surface area contributed by atoms with Crippen LogP contribution in [-0.4, -0.2) is 28.6 Å². The Labute approximate surface area is 129 Å². The zero-order valence-corrected chi connectivity index (χ0v) is 13.3. The summed E-state index contributed by atoms with van der Waals surface area (Å²) < 4.78 is 1.63. The zero-order valence-electron chi connectivity index (χ0n) is 13.3. The molecule has 2 amide bonds. The van der Waals surface area contributed by atoms with Crippen molar-refractivity contribution >= 4 is 23.2 Å². The largest absolute Gasteiger partial charge is 0.322 e. The lowest BCUT2D eigenvalue weighted by Crippen LogP contribution is -2.23. The van der Waals surface area contributed by atoms with Crippen LogP contribution in [0.1, 0.15) is 29.9 Å². The fourth-order valence-electron chi connectivity index (χ4n) is 2.16. The molecular weight excluding hydrogens is 280 g/mol. The first-order valence-electron chi connectivity index (χ1n) is 7.10. The van der Waals surface area contributed by atoms with E-state index in [0.29, 0.717) is 17.7 Å². The van der Waals surface area contributed by atoms with E-state index in [4.69, 9.17) is 0 Å². The number of amides is 2. The lowest BCUT2D eigenvalue weighted by atomic mass is 10.2. The number of rotatable bonds is 4. The topological polar surface area (TPSA) is 67.2 Å². The van der Waals surface area contributed by atoms with Crippen molar-refractivity contribution in [3.63, 3.8) is 0 Å². The molecule has 0 saturated carbocycles. The van der Waals surface area contributed by atoms with Gasteiger partial charge in [0.25, 0.3) is 5.91 Å². The van der Waals surface area contributed by atoms with E-state index in [0.717, 1.165) is 11.4 Å². The fourth-order valence-corrected chi connectivity index (χ4v) is 2.16. The van der Waals surface area contributed by atoms with E-state index in [1.54, 1.807) is 43.2 Å². The number of hydrogen-bond donors (Lipinski definition) is 1. The van der Waals surface area contributed by atoms with Crippen molar-refractivity contribution in [1.29, 1.82) is 0 Å². The van der Waals surface area contributed by atoms with Crippen LogP contribution in [0.2, 0.25) is 0 Å². The van der Waals surface area contributed by atoms with Gasteiger partial charge in [0.05, 0.1) is 11.3 Å². The van der Waals surface area contributed by atoms with Crippen molar-refractivity contribution in [2.24, 2.45) is 7.05 Å². The molecule has 0 fully saturated rings. The molecule has 2 rings (SSSR count). The number of benzene rings is 1. The van der Waals surface area contributed by atoms with Gasteiger partial charge >= 0.3 is 0 Å². The van der Waals surface area contributed by atoms with Gasteiger partial charge in [-0.2, -0.15) is 5.10 Å². The molecule has 1 N–H and O–H groups in total. The third-order valence-corrected chi connectivity index (χ3v) is 3.45. The molecule has 0 radical (unpaired) electrons. The predicted molar refractivity (Wildman–Crippen MR) is 86.1 cm³/mol. The maximum atomic E-state index is 12.4. The molecule has 6 heteroatoms. The highest BCUT2D eigenvalue weighted by molar-refractivity contribution is 6.05. The molecule has 1 aromatic carbocycles. The fraction of sp³-hybridized carbons (Fsp3) is 0.312. The van der Waals surface area contributed by atoms with Crippen molar-refractivity contribution in [2.45, 2.75) is 20.3 Å². The molecule has 0 unspecified atom stereocenters. The van der Waals surface area contributed by atoms with E-state index in [2.05, 4.69) is 10.4 Å². The molecule has 1 aromatic heterocycles. The Morgan fingerprint density at radius 3 is 2.73 bits per heavy atom. The first-order valence-corrected chi connectivity index (χ1v) is 7.10. The number of carbonyl (C=O) groups is 2. The van der Waals surface area contributed by atoms with Crippen LogP contribution in [0.3, 0.4) is 0 Å². The Balaban J connectivity index is 2.21. The summed E-state index contributed by atoms with van der Waals surface area (Å²) >= 11 is 0. The van der Waals surface area contributed by atoms with Crippen molar-refractivity contribution < 1.29 is 9.59 Å². The van der Waals surface area contributed by atoms with Crippen LogP contribution in [0.4, 0.5) is 11.4 Å². The van der Waals surface area contributed by atoms with Crippen LogP contribution < -0.4 is 10.2 Å². The average molecular weight is 300 g/mol. The molecule has 0 aliphatic rings. The van der Waals surface area contributed by atoms with Crippen LogP contribution in [0.25, 0.3) is 0 Å². The highest BCUT2D eigenvalue weighted by Gasteiger charge is 2.15. The first kappa shape index (κ1) is 15.8. The Bertz CT molecular complexity index is 706. The highest BCUT2D eigenvalue weighted by atomic mass is 16.2. The quantitative estimate of drug-likeness (QED) is 0.941. The number of aromatic nitrogens is 2. The minimum absolute atomic E-state index is 0.0657. The molecule has 6 nitrogen and oxygen atoms in total. The van der Waals surface area contributed by atoms with Gasteiger partial charge in [0.15, 0.2) is 0 Å². The van der Waals surface area contributed by atoms with Gasteiger partial charge < -0.3 is 10.2 Å². The second-order valence-corrected chi connectivity index (χ2v) is 5.10. The lowest BCUT2D eigenvalue weighted by molar-refractivity contribution is -0.116. The highest BCUT2D eigenvalue weighted by Crippen LogP contribution is 2.19. The minimum Gasteiger partial charge on any atom is -0.322 e. The van der Waals surface area contributed by atoms with Crippen molar-refractivity contribution in [3.05, 3.63) is 41.7 Å². The summed E-state index contributed by atoms with van der Waals surface area (Å²) in [6, 6.07) is 7.17. The van der Waals surface area contributed by atoms with Crippen LogP contribution in [0.5, 0.6) is 0 Å². The van der Waals surface area contributed by atoms with Gasteiger partial charge in [-0.05, 0) is 24.6 Å². The second-order valence-electron chi connectivity index (χ2n) is 5.10. The molecule has 116 valence electrons. The number of anilines is 2. The molecule has 0 bridgehead atoms. The van der Waals surface area contributed by atoms with Gasteiger partial charge in [-0.15, -0.1) is 0 Å². The molecule has 2 aromatic rings. The molecule has 0 aliphatic carbocycles. The summed E-state index contributed by atoms with van der Waals surface area (Å²) in [7, 11) is 3.48. The van der Waals surface area contributed by atoms with E-state index >= 15 is 0 Å². The molecule has 22 heavy (non-hydrogen) atoms. The number of hydrogen-bond acceptors (Lipinski definition) is 3. The Morgan fingerprint density at radius 2 is 2.09 bits per heavy atom. The summed E-state index contributed by atoms with van der Waals surface area (Å²) in [6.07, 6.45) is 2.40. The summed E-state index contributed by atoms with van der Waals surface area (Å²) in [6.45, 7) is 3.45. The SMILES string of the molecule is CCc1nn(C)cc1C(=O)Nc1cccc(N(C)C(C)=O)c1. The monoisotopic (exact) mass is 300 g/mol. The molecule has 0 aliphatic heterocycles. The second kappa shape index (κ2) is 6.43. The number of nitrogens with zero attached hydrogens (tertiary/aromatic N) is 3. The standard InChI is InChI=1S/C16H20N4O2/c1-5-15-14(10-19(3)18-15)16(22)17-12-7-6-8-13(9-12)20(4)11(2)21/h6-10H,5H2,1-4H3,(H,17,22).